The van der Waals surface area contributed by atoms with Gasteiger partial charge in [-0.05, 0) is 40.2 Å². The highest BCUT2D eigenvalue weighted by Crippen LogP contribution is 2.13. The molecule has 1 unspecified atom stereocenters. The Balaban J connectivity index is 2.09. The lowest BCUT2D eigenvalue weighted by Gasteiger charge is -2.37. The van der Waals surface area contributed by atoms with Gasteiger partial charge >= 0.3 is 0 Å². The average Bonchev–Trinajstić information content (AvgIpc) is 2.62. The number of morpholine rings is 1. The van der Waals surface area contributed by atoms with Crippen molar-refractivity contribution in [3.05, 3.63) is 35.9 Å². The lowest BCUT2D eigenvalue weighted by atomic mass is 10.1. The number of benzene rings is 1. The molecule has 2 rings (SSSR count). The van der Waals surface area contributed by atoms with Crippen LogP contribution in [0.1, 0.15) is 40.2 Å². The first-order valence-electron chi connectivity index (χ1n) is 10.3. The number of hydrogen-bond donors (Lipinski definition) is 0. The molecule has 1 heterocycles. The maximum Gasteiger partial charge on any atom is 0.237 e. The van der Waals surface area contributed by atoms with Crippen LogP contribution in [0.25, 0.3) is 0 Å². The Hall–Kier alpha value is -1.43. The highest BCUT2D eigenvalue weighted by Gasteiger charge is 2.26. The van der Waals surface area contributed by atoms with Crippen molar-refractivity contribution in [2.45, 2.75) is 59.3 Å². The second-order valence-corrected chi connectivity index (χ2v) is 8.14. The van der Waals surface area contributed by atoms with Crippen LogP contribution in [0.2, 0.25) is 0 Å². The third-order valence-electron chi connectivity index (χ3n) is 5.22. The third-order valence-corrected chi connectivity index (χ3v) is 5.22. The molecule has 152 valence electrons. The van der Waals surface area contributed by atoms with Crippen LogP contribution in [0.15, 0.2) is 30.3 Å². The summed E-state index contributed by atoms with van der Waals surface area (Å²) in [5.41, 5.74) is 1.25. The molecule has 1 amide bonds. The molecule has 1 fully saturated rings. The van der Waals surface area contributed by atoms with E-state index in [-0.39, 0.29) is 18.0 Å². The minimum absolute atomic E-state index is 0.213. The van der Waals surface area contributed by atoms with Gasteiger partial charge in [-0.25, -0.2) is 0 Å². The van der Waals surface area contributed by atoms with Crippen LogP contribution in [0, 0.1) is 0 Å². The summed E-state index contributed by atoms with van der Waals surface area (Å²) >= 11 is 0. The number of hydrogen-bond acceptors (Lipinski definition) is 4. The number of ether oxygens (including phenoxy) is 1. The SMILES string of the molecule is CC(CN1CCOCC1)N(CC(=O)N(C(C)C)C(C)C)Cc1ccccc1. The zero-order valence-corrected chi connectivity index (χ0v) is 17.7. The summed E-state index contributed by atoms with van der Waals surface area (Å²) in [5.74, 6) is 0.213. The Labute approximate surface area is 165 Å². The van der Waals surface area contributed by atoms with E-state index in [1.165, 1.54) is 5.56 Å². The van der Waals surface area contributed by atoms with Gasteiger partial charge in [0.2, 0.25) is 5.91 Å². The number of carbonyl (C=O) groups excluding carboxylic acids is 1. The average molecular weight is 376 g/mol. The molecule has 1 saturated heterocycles. The molecule has 1 atom stereocenters. The van der Waals surface area contributed by atoms with E-state index < -0.39 is 0 Å². The lowest BCUT2D eigenvalue weighted by molar-refractivity contribution is -0.136. The molecular weight excluding hydrogens is 338 g/mol. The van der Waals surface area contributed by atoms with Crippen molar-refractivity contribution in [1.29, 1.82) is 0 Å². The molecular formula is C22H37N3O2. The van der Waals surface area contributed by atoms with Gasteiger partial charge in [0.1, 0.15) is 0 Å². The standard InChI is InChI=1S/C22H37N3O2/c1-18(2)25(19(3)4)22(26)17-24(16-21-9-7-6-8-10-21)20(5)15-23-11-13-27-14-12-23/h6-10,18-20H,11-17H2,1-5H3. The number of amides is 1. The summed E-state index contributed by atoms with van der Waals surface area (Å²) in [6.45, 7) is 16.4. The van der Waals surface area contributed by atoms with Crippen LogP contribution in [-0.2, 0) is 16.1 Å². The van der Waals surface area contributed by atoms with Gasteiger partial charge in [-0.1, -0.05) is 30.3 Å². The van der Waals surface area contributed by atoms with Crippen LogP contribution in [-0.4, -0.2) is 78.1 Å². The van der Waals surface area contributed by atoms with E-state index in [4.69, 9.17) is 4.74 Å². The highest BCUT2D eigenvalue weighted by molar-refractivity contribution is 5.78. The Bertz CT molecular complexity index is 548. The molecule has 0 aromatic heterocycles. The molecule has 1 aromatic rings. The van der Waals surface area contributed by atoms with Gasteiger partial charge in [0.15, 0.2) is 0 Å². The van der Waals surface area contributed by atoms with Crippen LogP contribution in [0.4, 0.5) is 0 Å². The number of rotatable bonds is 9. The smallest absolute Gasteiger partial charge is 0.237 e. The molecule has 5 nitrogen and oxygen atoms in total. The minimum atomic E-state index is 0.213. The normalized spacial score (nSPS) is 16.9. The van der Waals surface area contributed by atoms with Crippen LogP contribution >= 0.6 is 0 Å². The molecule has 1 aliphatic rings. The van der Waals surface area contributed by atoms with Crippen LogP contribution < -0.4 is 0 Å². The minimum Gasteiger partial charge on any atom is -0.379 e. The second kappa shape index (κ2) is 10.8. The summed E-state index contributed by atoms with van der Waals surface area (Å²) in [4.78, 5) is 19.8. The van der Waals surface area contributed by atoms with Crippen molar-refractivity contribution >= 4 is 5.91 Å². The molecule has 0 saturated carbocycles. The van der Waals surface area contributed by atoms with E-state index in [0.717, 1.165) is 39.4 Å². The summed E-state index contributed by atoms with van der Waals surface area (Å²) < 4.78 is 5.47. The number of carbonyl (C=O) groups is 1. The predicted octanol–water partition coefficient (Wildman–Crippen LogP) is 2.85. The first kappa shape index (κ1) is 21.9. The highest BCUT2D eigenvalue weighted by atomic mass is 16.5. The molecule has 1 aliphatic heterocycles. The largest absolute Gasteiger partial charge is 0.379 e. The van der Waals surface area contributed by atoms with E-state index in [9.17, 15) is 4.79 Å². The Morgan fingerprint density at radius 2 is 1.63 bits per heavy atom. The Morgan fingerprint density at radius 3 is 2.19 bits per heavy atom. The quantitative estimate of drug-likeness (QED) is 0.665. The summed E-state index contributed by atoms with van der Waals surface area (Å²) in [6.07, 6.45) is 0. The summed E-state index contributed by atoms with van der Waals surface area (Å²) in [6, 6.07) is 11.2. The van der Waals surface area contributed by atoms with Crippen molar-refractivity contribution in [3.8, 4) is 0 Å². The van der Waals surface area contributed by atoms with E-state index in [0.29, 0.717) is 12.6 Å². The monoisotopic (exact) mass is 375 g/mol. The topological polar surface area (TPSA) is 36.0 Å². The van der Waals surface area contributed by atoms with Gasteiger partial charge in [0, 0.05) is 44.3 Å². The van der Waals surface area contributed by atoms with E-state index in [2.05, 4.69) is 68.7 Å². The molecule has 0 radical (unpaired) electrons. The van der Waals surface area contributed by atoms with Crippen molar-refractivity contribution < 1.29 is 9.53 Å². The van der Waals surface area contributed by atoms with Gasteiger partial charge in [-0.15, -0.1) is 0 Å². The predicted molar refractivity (Wildman–Crippen MR) is 111 cm³/mol. The first-order chi connectivity index (χ1) is 12.9. The first-order valence-corrected chi connectivity index (χ1v) is 10.3. The van der Waals surface area contributed by atoms with Crippen LogP contribution in [0.3, 0.4) is 0 Å². The Kier molecular flexibility index (Phi) is 8.74. The molecule has 5 heteroatoms. The van der Waals surface area contributed by atoms with Gasteiger partial charge < -0.3 is 9.64 Å². The van der Waals surface area contributed by atoms with E-state index in [1.807, 2.05) is 11.0 Å². The molecule has 27 heavy (non-hydrogen) atoms. The van der Waals surface area contributed by atoms with Gasteiger partial charge in [-0.2, -0.15) is 0 Å². The molecule has 0 aliphatic carbocycles. The maximum atomic E-state index is 13.1. The van der Waals surface area contributed by atoms with Gasteiger partial charge in [-0.3, -0.25) is 14.6 Å². The van der Waals surface area contributed by atoms with Gasteiger partial charge in [0.25, 0.3) is 0 Å². The fraction of sp³-hybridized carbons (Fsp3) is 0.682. The lowest BCUT2D eigenvalue weighted by Crippen LogP contribution is -2.51. The van der Waals surface area contributed by atoms with E-state index in [1.54, 1.807) is 0 Å². The second-order valence-electron chi connectivity index (χ2n) is 8.14. The van der Waals surface area contributed by atoms with Crippen molar-refractivity contribution in [2.75, 3.05) is 39.4 Å². The number of nitrogens with zero attached hydrogens (tertiary/aromatic N) is 3. The fourth-order valence-corrected chi connectivity index (χ4v) is 3.89. The van der Waals surface area contributed by atoms with Crippen molar-refractivity contribution in [3.63, 3.8) is 0 Å². The molecule has 0 N–H and O–H groups in total. The summed E-state index contributed by atoms with van der Waals surface area (Å²) in [7, 11) is 0. The maximum absolute atomic E-state index is 13.1. The molecule has 0 bridgehead atoms. The molecule has 0 spiro atoms. The Morgan fingerprint density at radius 1 is 1.04 bits per heavy atom. The summed E-state index contributed by atoms with van der Waals surface area (Å²) in [5, 5.41) is 0. The fourth-order valence-electron chi connectivity index (χ4n) is 3.89. The van der Waals surface area contributed by atoms with Crippen molar-refractivity contribution in [2.24, 2.45) is 0 Å². The third kappa shape index (κ3) is 6.91. The molecule has 1 aromatic carbocycles. The van der Waals surface area contributed by atoms with E-state index >= 15 is 0 Å². The van der Waals surface area contributed by atoms with Crippen LogP contribution in [0.5, 0.6) is 0 Å². The van der Waals surface area contributed by atoms with Crippen molar-refractivity contribution in [1.82, 2.24) is 14.7 Å². The van der Waals surface area contributed by atoms with Gasteiger partial charge in [0.05, 0.1) is 19.8 Å². The zero-order valence-electron chi connectivity index (χ0n) is 17.7. The zero-order chi connectivity index (χ0) is 19.8.